The molecule has 0 aliphatic carbocycles. The maximum Gasteiger partial charge on any atom is 0.251 e. The Morgan fingerprint density at radius 2 is 1.90 bits per heavy atom. The predicted octanol–water partition coefficient (Wildman–Crippen LogP) is 4.81. The second kappa shape index (κ2) is 8.13. The number of carbonyl (C=O) groups is 1. The number of aromatic nitrogens is 2. The first-order chi connectivity index (χ1) is 14.8. The minimum absolute atomic E-state index is 0.0736. The van der Waals surface area contributed by atoms with Gasteiger partial charge in [0.25, 0.3) is 5.91 Å². The lowest BCUT2D eigenvalue weighted by Gasteiger charge is -2.10. The lowest BCUT2D eigenvalue weighted by molar-refractivity contribution is 0.0858. The van der Waals surface area contributed by atoms with Crippen LogP contribution in [0.4, 0.5) is 0 Å². The number of carbonyl (C=O) groups excluding carboxylic acids is 1. The third-order valence-electron chi connectivity index (χ3n) is 5.61. The molecule has 2 N–H and O–H groups in total. The van der Waals surface area contributed by atoms with Crippen molar-refractivity contribution in [1.82, 2.24) is 15.5 Å². The Bertz CT molecular complexity index is 1170. The number of H-pyrrole nitrogens is 1. The molecule has 5 nitrogen and oxygen atoms in total. The number of ether oxygens (including phenoxy) is 1. The van der Waals surface area contributed by atoms with Crippen LogP contribution in [0, 0.1) is 0 Å². The average Bonchev–Trinajstić information content (AvgIpc) is 3.50. The highest BCUT2D eigenvalue weighted by atomic mass is 16.5. The number of hydrogen-bond acceptors (Lipinski definition) is 3. The van der Waals surface area contributed by atoms with Crippen molar-refractivity contribution in [2.24, 2.45) is 0 Å². The Hall–Kier alpha value is -3.44. The monoisotopic (exact) mass is 397 g/mol. The van der Waals surface area contributed by atoms with Crippen LogP contribution in [-0.2, 0) is 4.74 Å². The van der Waals surface area contributed by atoms with Gasteiger partial charge in [-0.15, -0.1) is 0 Å². The fourth-order valence-electron chi connectivity index (χ4n) is 3.97. The summed E-state index contributed by atoms with van der Waals surface area (Å²) in [5.74, 6) is -0.0736. The predicted molar refractivity (Wildman–Crippen MR) is 118 cm³/mol. The van der Waals surface area contributed by atoms with Crippen LogP contribution in [0.25, 0.3) is 33.3 Å². The standard InChI is InChI=1S/C25H23N3O2/c29-25(26-16-20-7-4-14-30-20)19-12-10-18(11-13-19)23-15-24(28-27-23)22-9-3-6-17-5-1-2-8-21(17)22/h1-3,5-6,8-13,15,20H,4,7,14,16H2,(H,26,29)(H,27,28)/t20-/m0/s1. The molecule has 1 amide bonds. The molecule has 0 saturated carbocycles. The third-order valence-corrected chi connectivity index (χ3v) is 5.61. The second-order valence-electron chi connectivity index (χ2n) is 7.62. The van der Waals surface area contributed by atoms with Crippen molar-refractivity contribution in [3.05, 3.63) is 78.4 Å². The third kappa shape index (κ3) is 3.72. The van der Waals surface area contributed by atoms with Gasteiger partial charge in [0.1, 0.15) is 0 Å². The molecule has 30 heavy (non-hydrogen) atoms. The van der Waals surface area contributed by atoms with E-state index in [9.17, 15) is 4.79 Å². The zero-order chi connectivity index (χ0) is 20.3. The van der Waals surface area contributed by atoms with E-state index < -0.39 is 0 Å². The Kier molecular flexibility index (Phi) is 5.03. The van der Waals surface area contributed by atoms with Gasteiger partial charge in [0.15, 0.2) is 0 Å². The smallest absolute Gasteiger partial charge is 0.251 e. The second-order valence-corrected chi connectivity index (χ2v) is 7.62. The van der Waals surface area contributed by atoms with Gasteiger partial charge in [0.05, 0.1) is 17.5 Å². The minimum Gasteiger partial charge on any atom is -0.376 e. The maximum atomic E-state index is 12.4. The van der Waals surface area contributed by atoms with Crippen LogP contribution < -0.4 is 5.32 Å². The molecule has 5 heteroatoms. The van der Waals surface area contributed by atoms with E-state index in [-0.39, 0.29) is 12.0 Å². The molecule has 5 rings (SSSR count). The Morgan fingerprint density at radius 3 is 2.73 bits per heavy atom. The highest BCUT2D eigenvalue weighted by Gasteiger charge is 2.17. The average molecular weight is 397 g/mol. The van der Waals surface area contributed by atoms with Crippen molar-refractivity contribution >= 4 is 16.7 Å². The number of nitrogens with zero attached hydrogens (tertiary/aromatic N) is 1. The van der Waals surface area contributed by atoms with Crippen molar-refractivity contribution in [3.8, 4) is 22.5 Å². The topological polar surface area (TPSA) is 67.0 Å². The van der Waals surface area contributed by atoms with E-state index in [0.29, 0.717) is 12.1 Å². The molecule has 3 aromatic carbocycles. The fourth-order valence-corrected chi connectivity index (χ4v) is 3.97. The van der Waals surface area contributed by atoms with Gasteiger partial charge in [-0.1, -0.05) is 54.6 Å². The number of hydrogen-bond donors (Lipinski definition) is 2. The number of aromatic amines is 1. The van der Waals surface area contributed by atoms with Crippen molar-refractivity contribution in [3.63, 3.8) is 0 Å². The summed E-state index contributed by atoms with van der Waals surface area (Å²) < 4.78 is 5.56. The number of rotatable bonds is 5. The minimum atomic E-state index is -0.0736. The van der Waals surface area contributed by atoms with Gasteiger partial charge in [-0.2, -0.15) is 5.10 Å². The molecular weight excluding hydrogens is 374 g/mol. The molecule has 2 heterocycles. The van der Waals surface area contributed by atoms with E-state index in [1.807, 2.05) is 42.5 Å². The summed E-state index contributed by atoms with van der Waals surface area (Å²) >= 11 is 0. The summed E-state index contributed by atoms with van der Waals surface area (Å²) in [5, 5.41) is 13.0. The molecule has 1 aliphatic heterocycles. The first-order valence-electron chi connectivity index (χ1n) is 10.3. The Labute approximate surface area is 175 Å². The van der Waals surface area contributed by atoms with Crippen LogP contribution in [0.15, 0.2) is 72.8 Å². The highest BCUT2D eigenvalue weighted by Crippen LogP contribution is 2.29. The van der Waals surface area contributed by atoms with Crippen LogP contribution in [0.5, 0.6) is 0 Å². The fraction of sp³-hybridized carbons (Fsp3) is 0.200. The number of benzene rings is 3. The molecule has 4 aromatic rings. The van der Waals surface area contributed by atoms with Gasteiger partial charge in [-0.3, -0.25) is 9.89 Å². The number of amides is 1. The molecular formula is C25H23N3O2. The van der Waals surface area contributed by atoms with Crippen molar-refractivity contribution in [2.45, 2.75) is 18.9 Å². The van der Waals surface area contributed by atoms with Crippen molar-refractivity contribution in [1.29, 1.82) is 0 Å². The first-order valence-corrected chi connectivity index (χ1v) is 10.3. The van der Waals surface area contributed by atoms with Gasteiger partial charge in [-0.05, 0) is 41.8 Å². The summed E-state index contributed by atoms with van der Waals surface area (Å²) in [6, 6.07) is 24.2. The van der Waals surface area contributed by atoms with E-state index in [2.05, 4.69) is 45.8 Å². The Balaban J connectivity index is 1.33. The van der Waals surface area contributed by atoms with Gasteiger partial charge in [-0.25, -0.2) is 0 Å². The van der Waals surface area contributed by atoms with E-state index in [1.54, 1.807) is 0 Å². The normalized spacial score (nSPS) is 16.1. The summed E-state index contributed by atoms with van der Waals surface area (Å²) in [6.45, 7) is 1.36. The molecule has 1 fully saturated rings. The van der Waals surface area contributed by atoms with Crippen LogP contribution >= 0.6 is 0 Å². The maximum absolute atomic E-state index is 12.4. The summed E-state index contributed by atoms with van der Waals surface area (Å²) in [6.07, 6.45) is 2.22. The van der Waals surface area contributed by atoms with Crippen LogP contribution in [0.3, 0.4) is 0 Å². The van der Waals surface area contributed by atoms with Crippen LogP contribution in [0.2, 0.25) is 0 Å². The Morgan fingerprint density at radius 1 is 1.07 bits per heavy atom. The van der Waals surface area contributed by atoms with Gasteiger partial charge in [0.2, 0.25) is 0 Å². The number of nitrogens with one attached hydrogen (secondary N) is 2. The quantitative estimate of drug-likeness (QED) is 0.508. The molecule has 1 atom stereocenters. The summed E-state index contributed by atoms with van der Waals surface area (Å²) in [4.78, 5) is 12.4. The molecule has 1 saturated heterocycles. The highest BCUT2D eigenvalue weighted by molar-refractivity contribution is 5.96. The van der Waals surface area contributed by atoms with E-state index >= 15 is 0 Å². The SMILES string of the molecule is O=C(NC[C@@H]1CCCO1)c1ccc(-c2cc(-c3cccc4ccccc34)[nH]n2)cc1. The summed E-state index contributed by atoms with van der Waals surface area (Å²) in [5.41, 5.74) is 4.55. The van der Waals surface area contributed by atoms with E-state index in [1.165, 1.54) is 10.8 Å². The lowest BCUT2D eigenvalue weighted by Crippen LogP contribution is -2.31. The van der Waals surface area contributed by atoms with Gasteiger partial charge < -0.3 is 10.1 Å². The van der Waals surface area contributed by atoms with Gasteiger partial charge in [0, 0.05) is 29.8 Å². The molecule has 0 spiro atoms. The van der Waals surface area contributed by atoms with E-state index in [4.69, 9.17) is 4.74 Å². The number of fused-ring (bicyclic) bond motifs is 1. The molecule has 1 aromatic heterocycles. The molecule has 0 bridgehead atoms. The lowest BCUT2D eigenvalue weighted by atomic mass is 10.0. The van der Waals surface area contributed by atoms with Crippen molar-refractivity contribution in [2.75, 3.05) is 13.2 Å². The summed E-state index contributed by atoms with van der Waals surface area (Å²) in [7, 11) is 0. The zero-order valence-corrected chi connectivity index (χ0v) is 16.6. The van der Waals surface area contributed by atoms with Crippen molar-refractivity contribution < 1.29 is 9.53 Å². The molecule has 0 radical (unpaired) electrons. The van der Waals surface area contributed by atoms with E-state index in [0.717, 1.165) is 42.0 Å². The van der Waals surface area contributed by atoms with Crippen LogP contribution in [0.1, 0.15) is 23.2 Å². The largest absolute Gasteiger partial charge is 0.376 e. The van der Waals surface area contributed by atoms with Crippen LogP contribution in [-0.4, -0.2) is 35.4 Å². The van der Waals surface area contributed by atoms with Gasteiger partial charge >= 0.3 is 0 Å². The zero-order valence-electron chi connectivity index (χ0n) is 16.6. The molecule has 1 aliphatic rings. The molecule has 150 valence electrons. The first kappa shape index (κ1) is 18.6. The molecule has 0 unspecified atom stereocenters.